The number of hydrogen-bond acceptors (Lipinski definition) is 4. The van der Waals surface area contributed by atoms with Gasteiger partial charge in [-0.15, -0.1) is 0 Å². The highest BCUT2D eigenvalue weighted by Crippen LogP contribution is 2.33. The van der Waals surface area contributed by atoms with Gasteiger partial charge in [-0.25, -0.2) is 4.39 Å². The number of anilines is 1. The molecule has 0 saturated carbocycles. The van der Waals surface area contributed by atoms with Crippen molar-refractivity contribution in [2.24, 2.45) is 0 Å². The van der Waals surface area contributed by atoms with Crippen molar-refractivity contribution in [3.8, 4) is 22.8 Å². The minimum Gasteiger partial charge on any atom is -0.398 e. The molecule has 2 aromatic carbocycles. The van der Waals surface area contributed by atoms with E-state index in [0.29, 0.717) is 33.2 Å². The van der Waals surface area contributed by atoms with Crippen LogP contribution in [0.4, 0.5) is 10.1 Å². The molecule has 0 fully saturated rings. The Kier molecular flexibility index (Phi) is 3.35. The molecular weight excluding hydrogens is 293 g/mol. The van der Waals surface area contributed by atoms with Crippen molar-refractivity contribution in [3.05, 3.63) is 52.8 Å². The van der Waals surface area contributed by atoms with Gasteiger partial charge in [0.1, 0.15) is 5.82 Å². The topological polar surface area (TPSA) is 64.9 Å². The summed E-state index contributed by atoms with van der Waals surface area (Å²) in [7, 11) is 0. The predicted octanol–water partition coefficient (Wildman–Crippen LogP) is 4.09. The molecule has 0 unspecified atom stereocenters. The van der Waals surface area contributed by atoms with Crippen molar-refractivity contribution >= 4 is 17.3 Å². The van der Waals surface area contributed by atoms with E-state index in [1.165, 1.54) is 6.07 Å². The van der Waals surface area contributed by atoms with Crippen LogP contribution in [0.1, 0.15) is 5.56 Å². The second kappa shape index (κ2) is 5.18. The van der Waals surface area contributed by atoms with E-state index in [0.717, 1.165) is 0 Å². The SMILES string of the molecule is Cc1cc(-c2noc(-c3c(N)cccc3Cl)n2)ccc1F. The Morgan fingerprint density at radius 2 is 2.05 bits per heavy atom. The lowest BCUT2D eigenvalue weighted by molar-refractivity contribution is 0.432. The Morgan fingerprint density at radius 1 is 1.24 bits per heavy atom. The van der Waals surface area contributed by atoms with Gasteiger partial charge in [0.25, 0.3) is 5.89 Å². The number of halogens is 2. The van der Waals surface area contributed by atoms with Crippen molar-refractivity contribution in [3.63, 3.8) is 0 Å². The van der Waals surface area contributed by atoms with E-state index >= 15 is 0 Å². The predicted molar refractivity (Wildman–Crippen MR) is 79.3 cm³/mol. The lowest BCUT2D eigenvalue weighted by Gasteiger charge is -2.02. The molecule has 1 heterocycles. The number of nitrogens with two attached hydrogens (primary N) is 1. The van der Waals surface area contributed by atoms with E-state index in [1.54, 1.807) is 37.3 Å². The molecule has 0 spiro atoms. The summed E-state index contributed by atoms with van der Waals surface area (Å²) in [5.74, 6) is 0.306. The van der Waals surface area contributed by atoms with E-state index in [9.17, 15) is 4.39 Å². The van der Waals surface area contributed by atoms with Crippen LogP contribution in [0.2, 0.25) is 5.02 Å². The van der Waals surface area contributed by atoms with Crippen LogP contribution in [0.25, 0.3) is 22.8 Å². The standard InChI is InChI=1S/C15H11ClFN3O/c1-8-7-9(5-6-11(8)17)14-19-15(21-20-14)13-10(16)3-2-4-12(13)18/h2-7H,18H2,1H3. The van der Waals surface area contributed by atoms with E-state index in [1.807, 2.05) is 0 Å². The quantitative estimate of drug-likeness (QED) is 0.724. The lowest BCUT2D eigenvalue weighted by atomic mass is 10.1. The van der Waals surface area contributed by atoms with Crippen molar-refractivity contribution in [1.82, 2.24) is 10.1 Å². The van der Waals surface area contributed by atoms with E-state index in [2.05, 4.69) is 10.1 Å². The first kappa shape index (κ1) is 13.6. The molecule has 0 amide bonds. The number of aryl methyl sites for hydroxylation is 1. The fourth-order valence-electron chi connectivity index (χ4n) is 1.99. The monoisotopic (exact) mass is 303 g/mol. The van der Waals surface area contributed by atoms with Crippen LogP contribution in [0, 0.1) is 12.7 Å². The highest BCUT2D eigenvalue weighted by molar-refractivity contribution is 6.33. The zero-order chi connectivity index (χ0) is 15.0. The third-order valence-electron chi connectivity index (χ3n) is 3.10. The second-order valence-electron chi connectivity index (χ2n) is 4.59. The molecule has 0 radical (unpaired) electrons. The first-order valence-corrected chi connectivity index (χ1v) is 6.58. The Morgan fingerprint density at radius 3 is 2.76 bits per heavy atom. The highest BCUT2D eigenvalue weighted by Gasteiger charge is 2.16. The van der Waals surface area contributed by atoms with Gasteiger partial charge < -0.3 is 10.3 Å². The van der Waals surface area contributed by atoms with E-state index in [4.69, 9.17) is 21.9 Å². The number of benzene rings is 2. The normalized spacial score (nSPS) is 10.8. The smallest absolute Gasteiger partial charge is 0.261 e. The first-order chi connectivity index (χ1) is 10.1. The summed E-state index contributed by atoms with van der Waals surface area (Å²) in [6.45, 7) is 1.67. The van der Waals surface area contributed by atoms with Gasteiger partial charge in [-0.3, -0.25) is 0 Å². The zero-order valence-electron chi connectivity index (χ0n) is 11.1. The molecule has 1 aromatic heterocycles. The third kappa shape index (κ3) is 2.48. The van der Waals surface area contributed by atoms with Crippen molar-refractivity contribution < 1.29 is 8.91 Å². The fourth-order valence-corrected chi connectivity index (χ4v) is 2.26. The van der Waals surface area contributed by atoms with Gasteiger partial charge in [0.05, 0.1) is 10.6 Å². The van der Waals surface area contributed by atoms with Gasteiger partial charge >= 0.3 is 0 Å². The maximum Gasteiger partial charge on any atom is 0.261 e. The van der Waals surface area contributed by atoms with Gasteiger partial charge in [0, 0.05) is 11.3 Å². The Hall–Kier alpha value is -2.40. The fraction of sp³-hybridized carbons (Fsp3) is 0.0667. The molecule has 4 nitrogen and oxygen atoms in total. The molecule has 0 aliphatic rings. The lowest BCUT2D eigenvalue weighted by Crippen LogP contribution is -1.91. The van der Waals surface area contributed by atoms with Crippen LogP contribution >= 0.6 is 11.6 Å². The van der Waals surface area contributed by atoms with E-state index in [-0.39, 0.29) is 11.7 Å². The molecule has 3 aromatic rings. The summed E-state index contributed by atoms with van der Waals surface area (Å²) in [4.78, 5) is 4.28. The number of nitrogens with zero attached hydrogens (tertiary/aromatic N) is 2. The Bertz CT molecular complexity index is 796. The molecule has 21 heavy (non-hydrogen) atoms. The maximum atomic E-state index is 13.3. The zero-order valence-corrected chi connectivity index (χ0v) is 11.9. The molecule has 0 aliphatic carbocycles. The number of rotatable bonds is 2. The summed E-state index contributed by atoms with van der Waals surface area (Å²) in [6, 6.07) is 9.74. The Balaban J connectivity index is 2.06. The van der Waals surface area contributed by atoms with Crippen LogP contribution < -0.4 is 5.73 Å². The average Bonchev–Trinajstić information content (AvgIpc) is 2.91. The van der Waals surface area contributed by atoms with Crippen LogP contribution in [0.3, 0.4) is 0 Å². The average molecular weight is 304 g/mol. The van der Waals surface area contributed by atoms with Crippen LogP contribution in [-0.4, -0.2) is 10.1 Å². The first-order valence-electron chi connectivity index (χ1n) is 6.21. The van der Waals surface area contributed by atoms with Gasteiger partial charge in [0.2, 0.25) is 5.82 Å². The summed E-state index contributed by atoms with van der Waals surface area (Å²) in [6.07, 6.45) is 0. The summed E-state index contributed by atoms with van der Waals surface area (Å²) >= 11 is 6.11. The largest absolute Gasteiger partial charge is 0.398 e. The van der Waals surface area contributed by atoms with Gasteiger partial charge in [-0.05, 0) is 42.8 Å². The van der Waals surface area contributed by atoms with Crippen LogP contribution in [0.5, 0.6) is 0 Å². The number of nitrogen functional groups attached to an aromatic ring is 1. The molecule has 0 aliphatic heterocycles. The minimum absolute atomic E-state index is 0.232. The van der Waals surface area contributed by atoms with Crippen molar-refractivity contribution in [2.45, 2.75) is 6.92 Å². The van der Waals surface area contributed by atoms with Crippen LogP contribution in [0.15, 0.2) is 40.9 Å². The molecular formula is C15H11ClFN3O. The van der Waals surface area contributed by atoms with Gasteiger partial charge in [-0.1, -0.05) is 22.8 Å². The Labute approximate surface area is 125 Å². The van der Waals surface area contributed by atoms with Gasteiger partial charge in [0.15, 0.2) is 0 Å². The molecule has 2 N–H and O–H groups in total. The molecule has 0 bridgehead atoms. The third-order valence-corrected chi connectivity index (χ3v) is 3.42. The molecule has 6 heteroatoms. The van der Waals surface area contributed by atoms with Crippen molar-refractivity contribution in [1.29, 1.82) is 0 Å². The molecule has 0 saturated heterocycles. The number of hydrogen-bond donors (Lipinski definition) is 1. The molecule has 0 atom stereocenters. The second-order valence-corrected chi connectivity index (χ2v) is 5.00. The van der Waals surface area contributed by atoms with Crippen molar-refractivity contribution in [2.75, 3.05) is 5.73 Å². The minimum atomic E-state index is -0.280. The summed E-state index contributed by atoms with van der Waals surface area (Å²) < 4.78 is 18.5. The van der Waals surface area contributed by atoms with E-state index < -0.39 is 0 Å². The molecule has 3 rings (SSSR count). The summed E-state index contributed by atoms with van der Waals surface area (Å²) in [5, 5.41) is 4.32. The maximum absolute atomic E-state index is 13.3. The molecule has 106 valence electrons. The summed E-state index contributed by atoms with van der Waals surface area (Å²) in [5.41, 5.74) is 8.00. The number of aromatic nitrogens is 2. The van der Waals surface area contributed by atoms with Crippen LogP contribution in [-0.2, 0) is 0 Å². The van der Waals surface area contributed by atoms with Gasteiger partial charge in [-0.2, -0.15) is 4.98 Å². The highest BCUT2D eigenvalue weighted by atomic mass is 35.5.